The monoisotopic (exact) mass is 621 g/mol. The summed E-state index contributed by atoms with van der Waals surface area (Å²) >= 11 is 5.53. The number of rotatable bonds is 22. The summed E-state index contributed by atoms with van der Waals surface area (Å²) in [6.07, 6.45) is 4.00. The average Bonchev–Trinajstić information content (AvgIpc) is 2.95. The molecule has 0 aromatic rings. The Morgan fingerprint density at radius 3 is 1.26 bits per heavy atom. The maximum absolute atomic E-state index is 5.71. The van der Waals surface area contributed by atoms with Gasteiger partial charge in [0.15, 0.2) is 0 Å². The molecule has 0 aromatic carbocycles. The third-order valence-corrected chi connectivity index (χ3v) is 14.4. The predicted octanol–water partition coefficient (Wildman–Crippen LogP) is 5.44. The van der Waals surface area contributed by atoms with Crippen molar-refractivity contribution in [1.29, 1.82) is 0 Å². The maximum Gasteiger partial charge on any atom is 0.500 e. The quantitative estimate of drug-likeness (QED) is 0.0678. The number of nitrogens with zero attached hydrogens (tertiary/aromatic N) is 1. The minimum Gasteiger partial charge on any atom is -0.377 e. The number of halogens is 1. The molecule has 0 unspecified atom stereocenters. The lowest BCUT2D eigenvalue weighted by Crippen LogP contribution is -2.45. The van der Waals surface area contributed by atoms with Crippen molar-refractivity contribution in [1.82, 2.24) is 0 Å². The van der Waals surface area contributed by atoms with Crippen LogP contribution in [0.3, 0.4) is 0 Å². The van der Waals surface area contributed by atoms with Crippen LogP contribution in [-0.4, -0.2) is 107 Å². The van der Waals surface area contributed by atoms with E-state index in [9.17, 15) is 0 Å². The summed E-state index contributed by atoms with van der Waals surface area (Å²) in [5.41, 5.74) is 0. The molecule has 0 N–H and O–H groups in total. The second-order valence-corrected chi connectivity index (χ2v) is 16.9. The molecule has 0 saturated carbocycles. The molecule has 230 valence electrons. The zero-order chi connectivity index (χ0) is 29.8. The van der Waals surface area contributed by atoms with Gasteiger partial charge >= 0.3 is 26.4 Å². The molecule has 0 aromatic heterocycles. The third-order valence-electron chi connectivity index (χ3n) is 5.28. The summed E-state index contributed by atoms with van der Waals surface area (Å²) in [5.74, 6) is 3.09. The van der Waals surface area contributed by atoms with Gasteiger partial charge in [-0.25, -0.2) is 4.99 Å². The van der Waals surface area contributed by atoms with Crippen molar-refractivity contribution >= 4 is 43.9 Å². The van der Waals surface area contributed by atoms with Crippen LogP contribution in [-0.2, 0) is 39.8 Å². The molecule has 0 radical (unpaired) electrons. The lowest BCUT2D eigenvalue weighted by Gasteiger charge is -2.28. The molecular formula is C24H56ClNO9Si3. The van der Waals surface area contributed by atoms with E-state index in [0.717, 1.165) is 43.8 Å². The van der Waals surface area contributed by atoms with Crippen molar-refractivity contribution in [2.75, 3.05) is 74.9 Å². The number of aliphatic imine (C=N–C) groups is 1. The Balaban J connectivity index is -0.000000487. The Labute approximate surface area is 241 Å². The fraction of sp³-hybridized carbons (Fsp3) is 0.917. The molecule has 0 amide bonds. The van der Waals surface area contributed by atoms with E-state index >= 15 is 0 Å². The zero-order valence-corrected chi connectivity index (χ0v) is 29.4. The van der Waals surface area contributed by atoms with E-state index in [1.165, 1.54) is 0 Å². The van der Waals surface area contributed by atoms with Crippen LogP contribution >= 0.6 is 11.6 Å². The van der Waals surface area contributed by atoms with Crippen LogP contribution in [0, 0.1) is 0 Å². The van der Waals surface area contributed by atoms with E-state index in [1.54, 1.807) is 42.7 Å². The molecule has 0 rings (SSSR count). The second kappa shape index (κ2) is 28.6. The largest absolute Gasteiger partial charge is 0.500 e. The predicted molar refractivity (Wildman–Crippen MR) is 161 cm³/mol. The summed E-state index contributed by atoms with van der Waals surface area (Å²) in [4.78, 5) is 3.87. The summed E-state index contributed by atoms with van der Waals surface area (Å²) in [5, 5.41) is 0. The molecule has 0 aliphatic heterocycles. The van der Waals surface area contributed by atoms with Crippen molar-refractivity contribution < 1.29 is 39.8 Å². The van der Waals surface area contributed by atoms with Crippen molar-refractivity contribution in [3.8, 4) is 0 Å². The van der Waals surface area contributed by atoms with E-state index in [4.69, 9.17) is 51.4 Å². The molecule has 0 fully saturated rings. The number of hydrogen-bond acceptors (Lipinski definition) is 10. The minimum atomic E-state index is -2.38. The van der Waals surface area contributed by atoms with Crippen LogP contribution in [0.25, 0.3) is 0 Å². The van der Waals surface area contributed by atoms with Gasteiger partial charge in [-0.3, -0.25) is 0 Å². The first kappa shape index (κ1) is 42.5. The van der Waals surface area contributed by atoms with Crippen LogP contribution in [0.5, 0.6) is 0 Å². The molecule has 10 nitrogen and oxygen atoms in total. The molecule has 0 saturated heterocycles. The molecule has 0 bridgehead atoms. The van der Waals surface area contributed by atoms with Crippen molar-refractivity contribution in [3.05, 3.63) is 6.58 Å². The average molecular weight is 622 g/mol. The molecule has 0 aliphatic carbocycles. The lowest BCUT2D eigenvalue weighted by atomic mass is 10.4. The first-order valence-corrected chi connectivity index (χ1v) is 19.5. The zero-order valence-electron chi connectivity index (χ0n) is 25.7. The van der Waals surface area contributed by atoms with Gasteiger partial charge < -0.3 is 39.8 Å². The van der Waals surface area contributed by atoms with E-state index in [2.05, 4.69) is 24.4 Å². The van der Waals surface area contributed by atoms with Crippen molar-refractivity contribution in [3.63, 3.8) is 0 Å². The second-order valence-electron chi connectivity index (χ2n) is 7.61. The van der Waals surface area contributed by atoms with Gasteiger partial charge in [-0.05, 0) is 52.5 Å². The Bertz CT molecular complexity index is 521. The highest BCUT2D eigenvalue weighted by Gasteiger charge is 2.39. The van der Waals surface area contributed by atoms with E-state index in [1.807, 2.05) is 20.8 Å². The van der Waals surface area contributed by atoms with Gasteiger partial charge in [0.05, 0.1) is 0 Å². The van der Waals surface area contributed by atoms with Gasteiger partial charge in [-0.1, -0.05) is 13.3 Å². The Hall–Kier alpha value is 0.0306. The highest BCUT2D eigenvalue weighted by Crippen LogP contribution is 2.19. The van der Waals surface area contributed by atoms with E-state index in [0.29, 0.717) is 32.2 Å². The Morgan fingerprint density at radius 1 is 0.605 bits per heavy atom. The lowest BCUT2D eigenvalue weighted by molar-refractivity contribution is 0.0707. The van der Waals surface area contributed by atoms with Gasteiger partial charge in [0.2, 0.25) is 0 Å². The molecular weight excluding hydrogens is 566 g/mol. The Morgan fingerprint density at radius 2 is 0.974 bits per heavy atom. The topological polar surface area (TPSA) is 95.4 Å². The van der Waals surface area contributed by atoms with Crippen molar-refractivity contribution in [2.45, 2.75) is 71.5 Å². The normalized spacial score (nSPS) is 11.7. The first-order valence-electron chi connectivity index (χ1n) is 13.2. The first-order chi connectivity index (χ1) is 18.2. The molecule has 0 atom stereocenters. The molecule has 0 spiro atoms. The fourth-order valence-corrected chi connectivity index (χ4v) is 9.82. The number of hydrogen-bond donors (Lipinski definition) is 0. The van der Waals surface area contributed by atoms with Gasteiger partial charge in [0, 0.05) is 93.0 Å². The van der Waals surface area contributed by atoms with Crippen LogP contribution in [0.1, 0.15) is 53.4 Å². The molecule has 0 heterocycles. The van der Waals surface area contributed by atoms with Gasteiger partial charge in [-0.15, -0.1) is 11.6 Å². The number of unbranched alkanes of at least 4 members (excludes halogenated alkanes) is 1. The smallest absolute Gasteiger partial charge is 0.377 e. The summed E-state index contributed by atoms with van der Waals surface area (Å²) < 4.78 is 48.3. The van der Waals surface area contributed by atoms with Gasteiger partial charge in [0.25, 0.3) is 0 Å². The van der Waals surface area contributed by atoms with Crippen LogP contribution < -0.4 is 0 Å². The molecule has 38 heavy (non-hydrogen) atoms. The van der Waals surface area contributed by atoms with E-state index < -0.39 is 26.4 Å². The van der Waals surface area contributed by atoms with Crippen molar-refractivity contribution in [2.24, 2.45) is 4.99 Å². The SMILES string of the molecule is C=C=NCCC[Si](OC)(OC)OC.CCCC[Si](OCC)(OCC)OCC.CO[Si](CCCCl)(OC)OC. The number of alkyl halides is 1. The van der Waals surface area contributed by atoms with Gasteiger partial charge in [0.1, 0.15) is 0 Å². The van der Waals surface area contributed by atoms with E-state index in [-0.39, 0.29) is 0 Å². The highest BCUT2D eigenvalue weighted by molar-refractivity contribution is 6.61. The summed E-state index contributed by atoms with van der Waals surface area (Å²) in [7, 11) is 2.62. The summed E-state index contributed by atoms with van der Waals surface area (Å²) in [6, 6.07) is 2.49. The minimum absolute atomic E-state index is 0.616. The fourth-order valence-electron chi connectivity index (χ4n) is 3.24. The highest BCUT2D eigenvalue weighted by atomic mass is 35.5. The van der Waals surface area contributed by atoms with Crippen LogP contribution in [0.4, 0.5) is 0 Å². The van der Waals surface area contributed by atoms with Gasteiger partial charge in [-0.2, -0.15) is 0 Å². The standard InChI is InChI=1S/C10H24O3Si.C8H17NO3Si.C6H15ClO3Si/c1-5-9-10-14(11-6-2,12-7-3)13-8-4;1-5-9-7-6-8-13(10-2,11-3)12-4;1-8-11(9-2,10-3)6-4-5-7/h5-10H2,1-4H3;1,6-8H2,2-4H3;4-6H2,1-3H3. The third kappa shape index (κ3) is 20.0. The maximum atomic E-state index is 5.71. The summed E-state index contributed by atoms with van der Waals surface area (Å²) in [6.45, 7) is 14.2. The Kier molecular flexibility index (Phi) is 31.9. The molecule has 0 aliphatic rings. The van der Waals surface area contributed by atoms with Crippen LogP contribution in [0.2, 0.25) is 18.1 Å². The molecule has 14 heteroatoms. The van der Waals surface area contributed by atoms with Crippen LogP contribution in [0.15, 0.2) is 11.6 Å².